The first-order chi connectivity index (χ1) is 7.00. The van der Waals surface area contributed by atoms with Gasteiger partial charge in [0.1, 0.15) is 17.1 Å². The van der Waals surface area contributed by atoms with E-state index in [0.29, 0.717) is 0 Å². The molecule has 1 heterocycles. The van der Waals surface area contributed by atoms with Crippen LogP contribution in [0.25, 0.3) is 0 Å². The maximum absolute atomic E-state index is 11.3. The molecule has 5 nitrogen and oxygen atoms in total. The van der Waals surface area contributed by atoms with Gasteiger partial charge in [-0.2, -0.15) is 0 Å². The molecular weight excluding hydrogens is 200 g/mol. The summed E-state index contributed by atoms with van der Waals surface area (Å²) in [6.07, 6.45) is -1.02. The Hall–Kier alpha value is -2.04. The number of rotatable bonds is 1. The van der Waals surface area contributed by atoms with Gasteiger partial charge in [0.05, 0.1) is 0 Å². The second kappa shape index (κ2) is 2.98. The number of hydrogen-bond acceptors (Lipinski definition) is 5. The van der Waals surface area contributed by atoms with E-state index in [9.17, 15) is 19.8 Å². The third-order valence-electron chi connectivity index (χ3n) is 2.21. The zero-order chi connectivity index (χ0) is 11.2. The van der Waals surface area contributed by atoms with Crippen LogP contribution in [-0.2, 0) is 9.53 Å². The number of ether oxygens (including phenoxy) is 1. The van der Waals surface area contributed by atoms with Crippen LogP contribution in [0.2, 0.25) is 0 Å². The lowest BCUT2D eigenvalue weighted by Crippen LogP contribution is -2.07. The van der Waals surface area contributed by atoms with Gasteiger partial charge in [0.25, 0.3) is 0 Å². The van der Waals surface area contributed by atoms with Crippen LogP contribution in [0, 0.1) is 0 Å². The lowest BCUT2D eigenvalue weighted by molar-refractivity contribution is -0.125. The normalized spacial score (nSPS) is 18.5. The quantitative estimate of drug-likeness (QED) is 0.670. The molecule has 15 heavy (non-hydrogen) atoms. The molecule has 0 bridgehead atoms. The number of phenols is 2. The molecule has 78 valence electrons. The summed E-state index contributed by atoms with van der Waals surface area (Å²) in [7, 11) is 0. The first-order valence-corrected chi connectivity index (χ1v) is 4.28. The minimum atomic E-state index is -1.02. The summed E-state index contributed by atoms with van der Waals surface area (Å²) in [6, 6.07) is 2.27. The third-order valence-corrected chi connectivity index (χ3v) is 2.21. The van der Waals surface area contributed by atoms with Gasteiger partial charge >= 0.3 is 5.97 Å². The third kappa shape index (κ3) is 1.32. The molecule has 1 aliphatic rings. The van der Waals surface area contributed by atoms with Crippen LogP contribution >= 0.6 is 0 Å². The Balaban J connectivity index is 2.65. The average Bonchev–Trinajstić information content (AvgIpc) is 2.42. The fourth-order valence-electron chi connectivity index (χ4n) is 1.59. The first-order valence-electron chi connectivity index (χ1n) is 4.28. The summed E-state index contributed by atoms with van der Waals surface area (Å²) in [6.45, 7) is 1.27. The topological polar surface area (TPSA) is 83.8 Å². The number of carbonyl (C=O) groups excluding carboxylic acids is 2. The Labute approximate surface area is 84.9 Å². The summed E-state index contributed by atoms with van der Waals surface area (Å²) in [4.78, 5) is 22.4. The van der Waals surface area contributed by atoms with Crippen LogP contribution in [0.1, 0.15) is 28.9 Å². The van der Waals surface area contributed by atoms with Crippen molar-refractivity contribution in [1.82, 2.24) is 0 Å². The van der Waals surface area contributed by atoms with Crippen LogP contribution in [-0.4, -0.2) is 22.0 Å². The summed E-state index contributed by atoms with van der Waals surface area (Å²) in [5.74, 6) is -1.69. The smallest absolute Gasteiger partial charge is 0.343 e. The molecule has 0 saturated heterocycles. The zero-order valence-corrected chi connectivity index (χ0v) is 7.85. The fraction of sp³-hybridized carbons (Fsp3) is 0.200. The standard InChI is InChI=1S/C10H8O5/c1-4(11)9-6-2-5(12)3-7(13)8(6)10(14)15-9/h2-3,9,12-13H,1H3/t9-/m0/s1. The fourth-order valence-corrected chi connectivity index (χ4v) is 1.59. The van der Waals surface area contributed by atoms with E-state index in [0.717, 1.165) is 6.07 Å². The van der Waals surface area contributed by atoms with Crippen LogP contribution in [0.15, 0.2) is 12.1 Å². The number of Topliss-reactive ketones (excluding diaryl/α,β-unsaturated/α-hetero) is 1. The highest BCUT2D eigenvalue weighted by atomic mass is 16.6. The monoisotopic (exact) mass is 208 g/mol. The molecule has 0 radical (unpaired) electrons. The van der Waals surface area contributed by atoms with Crippen molar-refractivity contribution in [2.24, 2.45) is 0 Å². The molecule has 0 saturated carbocycles. The summed E-state index contributed by atoms with van der Waals surface area (Å²) in [5.41, 5.74) is 0.165. The Kier molecular flexibility index (Phi) is 1.89. The Bertz CT molecular complexity index is 463. The highest BCUT2D eigenvalue weighted by Gasteiger charge is 2.36. The van der Waals surface area contributed by atoms with Gasteiger partial charge in [-0.1, -0.05) is 0 Å². The van der Waals surface area contributed by atoms with Crippen molar-refractivity contribution >= 4 is 11.8 Å². The highest BCUT2D eigenvalue weighted by molar-refractivity contribution is 6.02. The van der Waals surface area contributed by atoms with E-state index in [1.165, 1.54) is 13.0 Å². The van der Waals surface area contributed by atoms with Crippen molar-refractivity contribution in [2.45, 2.75) is 13.0 Å². The predicted molar refractivity (Wildman–Crippen MR) is 48.6 cm³/mol. The van der Waals surface area contributed by atoms with Crippen LogP contribution < -0.4 is 0 Å². The van der Waals surface area contributed by atoms with Crippen LogP contribution in [0.4, 0.5) is 0 Å². The zero-order valence-electron chi connectivity index (χ0n) is 7.85. The average molecular weight is 208 g/mol. The molecule has 1 aromatic rings. The molecule has 5 heteroatoms. The number of ketones is 1. The van der Waals surface area contributed by atoms with Crippen molar-refractivity contribution in [3.05, 3.63) is 23.3 Å². The molecule has 1 aliphatic heterocycles. The van der Waals surface area contributed by atoms with Crippen molar-refractivity contribution in [2.75, 3.05) is 0 Å². The van der Waals surface area contributed by atoms with Crippen LogP contribution in [0.5, 0.6) is 11.5 Å². The molecule has 0 aromatic heterocycles. The molecule has 0 fully saturated rings. The van der Waals surface area contributed by atoms with Gasteiger partial charge in [-0.15, -0.1) is 0 Å². The minimum Gasteiger partial charge on any atom is -0.508 e. The predicted octanol–water partition coefficient (Wildman–Crippen LogP) is 0.898. The van der Waals surface area contributed by atoms with Crippen molar-refractivity contribution < 1.29 is 24.5 Å². The van der Waals surface area contributed by atoms with Gasteiger partial charge in [0.2, 0.25) is 0 Å². The molecule has 0 spiro atoms. The van der Waals surface area contributed by atoms with E-state index >= 15 is 0 Å². The Morgan fingerprint density at radius 1 is 1.40 bits per heavy atom. The lowest BCUT2D eigenvalue weighted by Gasteiger charge is -2.05. The van der Waals surface area contributed by atoms with E-state index in [1.54, 1.807) is 0 Å². The van der Waals surface area contributed by atoms with E-state index in [1.807, 2.05) is 0 Å². The number of esters is 1. The number of fused-ring (bicyclic) bond motifs is 1. The number of phenolic OH excluding ortho intramolecular Hbond substituents is 2. The number of benzene rings is 1. The van der Waals surface area contributed by atoms with Gasteiger partial charge in [0.15, 0.2) is 11.9 Å². The Morgan fingerprint density at radius 2 is 2.07 bits per heavy atom. The minimum absolute atomic E-state index is 0.0481. The van der Waals surface area contributed by atoms with Gasteiger partial charge in [-0.3, -0.25) is 4.79 Å². The van der Waals surface area contributed by atoms with Gasteiger partial charge in [-0.05, 0) is 13.0 Å². The van der Waals surface area contributed by atoms with E-state index in [2.05, 4.69) is 0 Å². The van der Waals surface area contributed by atoms with Gasteiger partial charge < -0.3 is 14.9 Å². The molecule has 1 aromatic carbocycles. The van der Waals surface area contributed by atoms with E-state index in [4.69, 9.17) is 4.74 Å². The second-order valence-electron chi connectivity index (χ2n) is 3.33. The molecule has 0 unspecified atom stereocenters. The number of hydrogen-bond donors (Lipinski definition) is 2. The van der Waals surface area contributed by atoms with Gasteiger partial charge in [-0.25, -0.2) is 4.79 Å². The van der Waals surface area contributed by atoms with Crippen LogP contribution in [0.3, 0.4) is 0 Å². The van der Waals surface area contributed by atoms with E-state index in [-0.39, 0.29) is 28.4 Å². The maximum atomic E-state index is 11.3. The van der Waals surface area contributed by atoms with Crippen molar-refractivity contribution in [3.63, 3.8) is 0 Å². The maximum Gasteiger partial charge on any atom is 0.343 e. The molecule has 2 rings (SSSR count). The summed E-state index contributed by atoms with van der Waals surface area (Å²) >= 11 is 0. The first kappa shape index (κ1) is 9.51. The van der Waals surface area contributed by atoms with Crippen molar-refractivity contribution in [3.8, 4) is 11.5 Å². The van der Waals surface area contributed by atoms with E-state index < -0.39 is 12.1 Å². The summed E-state index contributed by atoms with van der Waals surface area (Å²) in [5, 5.41) is 18.6. The number of aromatic hydroxyl groups is 2. The SMILES string of the molecule is CC(=O)[C@@H]1OC(=O)c2c(O)cc(O)cc21. The van der Waals surface area contributed by atoms with Crippen molar-refractivity contribution in [1.29, 1.82) is 0 Å². The number of cyclic esters (lactones) is 1. The second-order valence-corrected chi connectivity index (χ2v) is 3.33. The molecular formula is C10H8O5. The molecule has 0 amide bonds. The van der Waals surface area contributed by atoms with Gasteiger partial charge in [0, 0.05) is 11.6 Å². The molecule has 1 atom stereocenters. The lowest BCUT2D eigenvalue weighted by atomic mass is 10.0. The molecule has 2 N–H and O–H groups in total. The largest absolute Gasteiger partial charge is 0.508 e. The highest BCUT2D eigenvalue weighted by Crippen LogP contribution is 2.38. The number of carbonyl (C=O) groups is 2. The molecule has 0 aliphatic carbocycles. The Morgan fingerprint density at radius 3 is 2.67 bits per heavy atom. The summed E-state index contributed by atoms with van der Waals surface area (Å²) < 4.78 is 4.77.